The summed E-state index contributed by atoms with van der Waals surface area (Å²) in [5, 5.41) is 21.3. The number of anilines is 1. The van der Waals surface area contributed by atoms with E-state index in [0.717, 1.165) is 11.6 Å². The number of carboxylic acids is 1. The second-order valence-corrected chi connectivity index (χ2v) is 10.3. The summed E-state index contributed by atoms with van der Waals surface area (Å²) in [4.78, 5) is 30.9. The number of aliphatic hydroxyl groups is 1. The Hall–Kier alpha value is -3.73. The van der Waals surface area contributed by atoms with Crippen LogP contribution in [0.2, 0.25) is 0 Å². The summed E-state index contributed by atoms with van der Waals surface area (Å²) in [6.45, 7) is 1.93. The van der Waals surface area contributed by atoms with Crippen LogP contribution in [0.25, 0.3) is 11.0 Å². The summed E-state index contributed by atoms with van der Waals surface area (Å²) in [5.74, 6) is -3.48. The van der Waals surface area contributed by atoms with E-state index in [4.69, 9.17) is 14.5 Å². The highest BCUT2D eigenvalue weighted by atomic mass is 19.1. The van der Waals surface area contributed by atoms with E-state index in [9.17, 15) is 28.6 Å². The summed E-state index contributed by atoms with van der Waals surface area (Å²) in [6, 6.07) is 4.85. The number of imidazole rings is 1. The third-order valence-corrected chi connectivity index (χ3v) is 7.99. The lowest BCUT2D eigenvalue weighted by atomic mass is 9.85. The molecule has 0 saturated heterocycles. The van der Waals surface area contributed by atoms with Crippen LogP contribution in [0, 0.1) is 17.6 Å². The van der Waals surface area contributed by atoms with Crippen molar-refractivity contribution in [2.24, 2.45) is 5.92 Å². The Morgan fingerprint density at radius 1 is 1.15 bits per heavy atom. The first-order valence-electron chi connectivity index (χ1n) is 13.0. The molecule has 0 radical (unpaired) electrons. The molecular weight excluding hydrogens is 512 g/mol. The molecule has 0 bridgehead atoms. The van der Waals surface area contributed by atoms with Gasteiger partial charge in [-0.2, -0.15) is 0 Å². The third kappa shape index (κ3) is 4.58. The van der Waals surface area contributed by atoms with Crippen molar-refractivity contribution in [1.82, 2.24) is 9.55 Å². The molecule has 3 aromatic rings. The van der Waals surface area contributed by atoms with Gasteiger partial charge in [0.25, 0.3) is 0 Å². The quantitative estimate of drug-likeness (QED) is 0.459. The Morgan fingerprint density at radius 2 is 1.92 bits per heavy atom. The van der Waals surface area contributed by atoms with Gasteiger partial charge < -0.3 is 24.3 Å². The van der Waals surface area contributed by atoms with Crippen LogP contribution in [0.5, 0.6) is 5.75 Å². The van der Waals surface area contributed by atoms with Crippen molar-refractivity contribution in [3.63, 3.8) is 0 Å². The van der Waals surface area contributed by atoms with Crippen molar-refractivity contribution >= 4 is 28.8 Å². The van der Waals surface area contributed by atoms with Crippen molar-refractivity contribution in [2.75, 3.05) is 19.1 Å². The second-order valence-electron chi connectivity index (χ2n) is 10.3. The first kappa shape index (κ1) is 26.9. The predicted octanol–water partition coefficient (Wildman–Crippen LogP) is 5.13. The number of fused-ring (bicyclic) bond motifs is 3. The molecule has 1 amide bonds. The lowest BCUT2D eigenvalue weighted by molar-refractivity contribution is -0.143. The van der Waals surface area contributed by atoms with E-state index in [-0.39, 0.29) is 29.2 Å². The summed E-state index contributed by atoms with van der Waals surface area (Å²) in [7, 11) is 2.55. The topological polar surface area (TPSA) is 114 Å². The van der Waals surface area contributed by atoms with Gasteiger partial charge in [0.05, 0.1) is 36.9 Å². The van der Waals surface area contributed by atoms with Gasteiger partial charge in [-0.15, -0.1) is 0 Å². The number of aryl methyl sites for hydroxylation is 1. The van der Waals surface area contributed by atoms with Crippen LogP contribution in [0.15, 0.2) is 24.3 Å². The van der Waals surface area contributed by atoms with Gasteiger partial charge in [0.1, 0.15) is 17.7 Å². The van der Waals surface area contributed by atoms with Crippen molar-refractivity contribution < 1.29 is 38.1 Å². The Morgan fingerprint density at radius 3 is 2.62 bits per heavy atom. The van der Waals surface area contributed by atoms with Crippen molar-refractivity contribution in [3.05, 3.63) is 52.9 Å². The lowest BCUT2D eigenvalue weighted by Gasteiger charge is -2.34. The summed E-state index contributed by atoms with van der Waals surface area (Å²) in [5.41, 5.74) is 2.48. The number of aromatic nitrogens is 2. The lowest BCUT2D eigenvalue weighted by Crippen LogP contribution is -2.42. The molecule has 11 heteroatoms. The number of carboxylic acid groups (broad SMARTS) is 1. The van der Waals surface area contributed by atoms with Crippen LogP contribution < -0.4 is 9.64 Å². The zero-order valence-corrected chi connectivity index (χ0v) is 22.0. The zero-order chi connectivity index (χ0) is 28.0. The van der Waals surface area contributed by atoms with Crippen LogP contribution in [-0.2, 0) is 16.0 Å². The number of ether oxygens (including phenoxy) is 2. The molecule has 2 N–H and O–H groups in total. The summed E-state index contributed by atoms with van der Waals surface area (Å²) in [6.07, 6.45) is 1.35. The van der Waals surface area contributed by atoms with Crippen LogP contribution in [0.3, 0.4) is 0 Å². The van der Waals surface area contributed by atoms with Gasteiger partial charge in [-0.1, -0.05) is 6.42 Å². The molecule has 1 aliphatic heterocycles. The normalized spacial score (nSPS) is 21.9. The number of carbonyl (C=O) groups is 2. The minimum atomic E-state index is -1.57. The van der Waals surface area contributed by atoms with Gasteiger partial charge in [-0.3, -0.25) is 9.69 Å². The van der Waals surface area contributed by atoms with Crippen molar-refractivity contribution in [2.45, 2.75) is 63.6 Å². The van der Waals surface area contributed by atoms with Gasteiger partial charge >= 0.3 is 12.1 Å². The predicted molar refractivity (Wildman–Crippen MR) is 138 cm³/mol. The molecule has 0 spiro atoms. The first-order valence-corrected chi connectivity index (χ1v) is 13.0. The standard InChI is InChI=1S/C28H31F2N3O6/c1-14-7-8-18-21(32(14)28(37)39-3)9-10-22-23(18)31-26(33(22)17-6-4-5-15(11-17)27(35)36)24(34)19-12-16(29)13-20(30)25(19)38-2/h9-10,12-15,17,24,34H,4-8,11H2,1-3H3,(H,35,36)/t14-,15?,17?,24?/m0/s1. The minimum absolute atomic E-state index is 0.108. The smallest absolute Gasteiger partial charge is 0.414 e. The molecule has 1 saturated carbocycles. The highest BCUT2D eigenvalue weighted by molar-refractivity contribution is 5.95. The average molecular weight is 544 g/mol. The molecule has 9 nitrogen and oxygen atoms in total. The number of hydrogen-bond donors (Lipinski definition) is 2. The van der Waals surface area contributed by atoms with Crippen molar-refractivity contribution in [3.8, 4) is 5.75 Å². The fourth-order valence-corrected chi connectivity index (χ4v) is 6.13. The van der Waals surface area contributed by atoms with Gasteiger partial charge in [-0.05, 0) is 57.2 Å². The van der Waals surface area contributed by atoms with E-state index in [0.29, 0.717) is 61.3 Å². The molecule has 1 aliphatic carbocycles. The maximum atomic E-state index is 14.6. The van der Waals surface area contributed by atoms with Crippen LogP contribution in [-0.4, -0.2) is 52.1 Å². The van der Waals surface area contributed by atoms with E-state index in [2.05, 4.69) is 0 Å². The van der Waals surface area contributed by atoms with Crippen LogP contribution in [0.4, 0.5) is 19.3 Å². The zero-order valence-electron chi connectivity index (χ0n) is 22.0. The fourth-order valence-electron chi connectivity index (χ4n) is 6.13. The largest absolute Gasteiger partial charge is 0.493 e. The number of carbonyl (C=O) groups excluding carboxylic acids is 1. The van der Waals surface area contributed by atoms with Gasteiger partial charge in [0, 0.05) is 29.3 Å². The van der Waals surface area contributed by atoms with Crippen molar-refractivity contribution in [1.29, 1.82) is 0 Å². The van der Waals surface area contributed by atoms with Gasteiger partial charge in [-0.25, -0.2) is 18.6 Å². The molecule has 39 heavy (non-hydrogen) atoms. The maximum Gasteiger partial charge on any atom is 0.414 e. The van der Waals surface area contributed by atoms with E-state index in [1.807, 2.05) is 6.92 Å². The molecular formula is C28H31F2N3O6. The molecule has 1 aromatic heterocycles. The number of halogens is 2. The average Bonchev–Trinajstić information content (AvgIpc) is 3.31. The highest BCUT2D eigenvalue weighted by Crippen LogP contribution is 2.43. The van der Waals surface area contributed by atoms with Crippen LogP contribution in [0.1, 0.15) is 68.1 Å². The molecule has 4 atom stereocenters. The number of methoxy groups -OCH3 is 2. The summed E-state index contributed by atoms with van der Waals surface area (Å²) >= 11 is 0. The monoisotopic (exact) mass is 543 g/mol. The Labute approximate surface area is 224 Å². The van der Waals surface area contributed by atoms with Gasteiger partial charge in [0.2, 0.25) is 0 Å². The molecule has 5 rings (SSSR count). The molecule has 2 aromatic carbocycles. The molecule has 2 heterocycles. The number of nitrogens with zero attached hydrogens (tertiary/aromatic N) is 3. The van der Waals surface area contributed by atoms with E-state index in [1.54, 1.807) is 21.6 Å². The third-order valence-electron chi connectivity index (χ3n) is 7.99. The second kappa shape index (κ2) is 10.4. The maximum absolute atomic E-state index is 14.6. The van der Waals surface area contributed by atoms with E-state index in [1.165, 1.54) is 14.2 Å². The van der Waals surface area contributed by atoms with E-state index >= 15 is 0 Å². The van der Waals surface area contributed by atoms with E-state index < -0.39 is 35.7 Å². The summed E-state index contributed by atoms with van der Waals surface area (Å²) < 4.78 is 40.8. The highest BCUT2D eigenvalue weighted by Gasteiger charge is 2.36. The molecule has 1 fully saturated rings. The number of rotatable bonds is 5. The number of aliphatic carboxylic acids is 1. The van der Waals surface area contributed by atoms with Gasteiger partial charge in [0.15, 0.2) is 11.6 Å². The number of hydrogen-bond acceptors (Lipinski definition) is 6. The minimum Gasteiger partial charge on any atom is -0.493 e. The molecule has 2 aliphatic rings. The van der Waals surface area contributed by atoms with Crippen LogP contribution >= 0.6 is 0 Å². The SMILES string of the molecule is COC(=O)N1c2ccc3c(nc(C(O)c4cc(F)cc(F)c4OC)n3C3CCCC(C(=O)O)C3)c2CC[C@@H]1C. The molecule has 208 valence electrons. The Balaban J connectivity index is 1.73. The number of benzene rings is 2. The number of amides is 1. The molecule has 3 unspecified atom stereocenters. The fraction of sp³-hybridized carbons (Fsp3) is 0.464. The Bertz CT molecular complexity index is 1440. The Kier molecular flexibility index (Phi) is 7.19. The first-order chi connectivity index (χ1) is 18.7. The number of aliphatic hydroxyl groups excluding tert-OH is 1.